The van der Waals surface area contributed by atoms with Gasteiger partial charge in [0.1, 0.15) is 6.04 Å². The zero-order chi connectivity index (χ0) is 14.7. The Hall–Kier alpha value is -2.11. The van der Waals surface area contributed by atoms with Crippen LogP contribution in [0.25, 0.3) is 0 Å². The number of imidazole rings is 1. The van der Waals surface area contributed by atoms with Gasteiger partial charge in [-0.3, -0.25) is 9.48 Å². The van der Waals surface area contributed by atoms with Crippen LogP contribution in [0.5, 0.6) is 0 Å². The summed E-state index contributed by atoms with van der Waals surface area (Å²) in [6.07, 6.45) is 12.3. The van der Waals surface area contributed by atoms with Crippen LogP contribution in [0.2, 0.25) is 0 Å². The van der Waals surface area contributed by atoms with Crippen molar-refractivity contribution < 1.29 is 4.79 Å². The van der Waals surface area contributed by atoms with Gasteiger partial charge in [-0.2, -0.15) is 5.10 Å². The Morgan fingerprint density at radius 2 is 2.24 bits per heavy atom. The monoisotopic (exact) mass is 287 g/mol. The zero-order valence-electron chi connectivity index (χ0n) is 12.3. The predicted molar refractivity (Wildman–Crippen MR) is 78.5 cm³/mol. The van der Waals surface area contributed by atoms with Gasteiger partial charge in [0.2, 0.25) is 5.91 Å². The quantitative estimate of drug-likeness (QED) is 0.860. The van der Waals surface area contributed by atoms with Crippen molar-refractivity contribution in [2.45, 2.75) is 44.8 Å². The second kappa shape index (κ2) is 6.11. The van der Waals surface area contributed by atoms with Gasteiger partial charge in [-0.15, -0.1) is 0 Å². The van der Waals surface area contributed by atoms with Gasteiger partial charge < -0.3 is 9.47 Å². The first-order valence-corrected chi connectivity index (χ1v) is 7.51. The summed E-state index contributed by atoms with van der Waals surface area (Å²) in [5, 5.41) is 4.26. The number of rotatable bonds is 4. The van der Waals surface area contributed by atoms with E-state index in [0.29, 0.717) is 0 Å². The molecule has 0 N–H and O–H groups in total. The fraction of sp³-hybridized carbons (Fsp3) is 0.533. The molecule has 0 aliphatic carbocycles. The van der Waals surface area contributed by atoms with E-state index in [0.717, 1.165) is 25.9 Å². The lowest BCUT2D eigenvalue weighted by Gasteiger charge is -2.37. The molecular weight excluding hydrogens is 266 g/mol. The van der Waals surface area contributed by atoms with Crippen molar-refractivity contribution in [3.05, 3.63) is 37.2 Å². The van der Waals surface area contributed by atoms with E-state index in [4.69, 9.17) is 0 Å². The molecule has 1 fully saturated rings. The maximum Gasteiger partial charge on any atom is 0.245 e. The fourth-order valence-corrected chi connectivity index (χ4v) is 2.97. The molecule has 2 aromatic heterocycles. The highest BCUT2D eigenvalue weighted by Gasteiger charge is 2.30. The Bertz CT molecular complexity index is 563. The van der Waals surface area contributed by atoms with Crippen LogP contribution in [-0.4, -0.2) is 42.7 Å². The summed E-state index contributed by atoms with van der Waals surface area (Å²) in [5.74, 6) is 0.171. The molecule has 6 nitrogen and oxygen atoms in total. The van der Waals surface area contributed by atoms with Gasteiger partial charge in [-0.05, 0) is 32.3 Å². The normalized spacial score (nSPS) is 20.4. The topological polar surface area (TPSA) is 56.0 Å². The van der Waals surface area contributed by atoms with Crippen molar-refractivity contribution in [3.63, 3.8) is 0 Å². The molecule has 21 heavy (non-hydrogen) atoms. The number of nitrogens with zero attached hydrogens (tertiary/aromatic N) is 5. The summed E-state index contributed by atoms with van der Waals surface area (Å²) in [5.41, 5.74) is 0. The molecule has 0 spiro atoms. The lowest BCUT2D eigenvalue weighted by Crippen LogP contribution is -2.48. The highest BCUT2D eigenvalue weighted by atomic mass is 16.2. The number of carbonyl (C=O) groups is 1. The van der Waals surface area contributed by atoms with E-state index in [-0.39, 0.29) is 18.0 Å². The first-order chi connectivity index (χ1) is 10.3. The summed E-state index contributed by atoms with van der Waals surface area (Å²) in [6, 6.07) is 1.95. The predicted octanol–water partition coefficient (Wildman–Crippen LogP) is 1.72. The van der Waals surface area contributed by atoms with E-state index in [9.17, 15) is 4.79 Å². The molecule has 0 radical (unpaired) electrons. The fourth-order valence-electron chi connectivity index (χ4n) is 2.97. The number of hydrogen-bond donors (Lipinski definition) is 0. The summed E-state index contributed by atoms with van der Waals surface area (Å²) in [6.45, 7) is 3.54. The van der Waals surface area contributed by atoms with Crippen LogP contribution in [0.1, 0.15) is 32.2 Å². The Labute approximate surface area is 124 Å². The number of carbonyl (C=O) groups excluding carboxylic acids is 1. The minimum absolute atomic E-state index is 0.171. The smallest absolute Gasteiger partial charge is 0.245 e. The van der Waals surface area contributed by atoms with Gasteiger partial charge in [0.05, 0.1) is 18.9 Å². The Morgan fingerprint density at radius 1 is 1.33 bits per heavy atom. The number of aromatic nitrogens is 4. The molecule has 1 aliphatic rings. The second-order valence-corrected chi connectivity index (χ2v) is 5.60. The number of hydrogen-bond acceptors (Lipinski definition) is 3. The Kier molecular flexibility index (Phi) is 4.03. The molecule has 2 unspecified atom stereocenters. The molecule has 0 aromatic carbocycles. The maximum absolute atomic E-state index is 12.8. The van der Waals surface area contributed by atoms with Gasteiger partial charge in [-0.25, -0.2) is 4.98 Å². The van der Waals surface area contributed by atoms with Crippen LogP contribution < -0.4 is 0 Å². The molecule has 2 aromatic rings. The van der Waals surface area contributed by atoms with E-state index >= 15 is 0 Å². The molecule has 1 aliphatic heterocycles. The van der Waals surface area contributed by atoms with Gasteiger partial charge in [-0.1, -0.05) is 0 Å². The SMILES string of the molecule is CC(C(=O)N1CCCCC1Cn1cccn1)n1ccnc1. The van der Waals surface area contributed by atoms with Crippen molar-refractivity contribution in [2.75, 3.05) is 6.54 Å². The number of amides is 1. The lowest BCUT2D eigenvalue weighted by atomic mass is 10.0. The third-order valence-corrected chi connectivity index (χ3v) is 4.20. The Balaban J connectivity index is 1.72. The van der Waals surface area contributed by atoms with Crippen molar-refractivity contribution in [2.24, 2.45) is 0 Å². The van der Waals surface area contributed by atoms with E-state index in [1.807, 2.05) is 39.5 Å². The van der Waals surface area contributed by atoms with Gasteiger partial charge in [0.25, 0.3) is 0 Å². The van der Waals surface area contributed by atoms with E-state index in [2.05, 4.69) is 10.1 Å². The molecule has 2 atom stereocenters. The molecular formula is C15H21N5O. The maximum atomic E-state index is 12.8. The van der Waals surface area contributed by atoms with Crippen LogP contribution >= 0.6 is 0 Å². The molecule has 1 saturated heterocycles. The van der Waals surface area contributed by atoms with Crippen LogP contribution in [-0.2, 0) is 11.3 Å². The third-order valence-electron chi connectivity index (χ3n) is 4.20. The first-order valence-electron chi connectivity index (χ1n) is 7.51. The highest BCUT2D eigenvalue weighted by molar-refractivity contribution is 5.80. The molecule has 3 rings (SSSR count). The summed E-state index contributed by atoms with van der Waals surface area (Å²) < 4.78 is 3.78. The standard InChI is InChI=1S/C15H21N5O/c1-13(18-10-7-16-12-18)15(21)20-9-3-2-5-14(20)11-19-8-4-6-17-19/h4,6-8,10,12-14H,2-3,5,9,11H2,1H3. The Morgan fingerprint density at radius 3 is 2.95 bits per heavy atom. The van der Waals surface area contributed by atoms with Gasteiger partial charge in [0, 0.05) is 31.3 Å². The van der Waals surface area contributed by atoms with E-state index in [1.165, 1.54) is 6.42 Å². The van der Waals surface area contributed by atoms with Crippen LogP contribution in [0.15, 0.2) is 37.2 Å². The third kappa shape index (κ3) is 2.99. The van der Waals surface area contributed by atoms with Crippen LogP contribution in [0.3, 0.4) is 0 Å². The van der Waals surface area contributed by atoms with Crippen LogP contribution in [0.4, 0.5) is 0 Å². The number of likely N-dealkylation sites (tertiary alicyclic amines) is 1. The summed E-state index contributed by atoms with van der Waals surface area (Å²) >= 11 is 0. The first kappa shape index (κ1) is 13.9. The zero-order valence-corrected chi connectivity index (χ0v) is 12.3. The van der Waals surface area contributed by atoms with Crippen molar-refractivity contribution in [1.82, 2.24) is 24.2 Å². The highest BCUT2D eigenvalue weighted by Crippen LogP contribution is 2.22. The van der Waals surface area contributed by atoms with E-state index < -0.39 is 0 Å². The minimum atomic E-state index is -0.203. The van der Waals surface area contributed by atoms with Gasteiger partial charge >= 0.3 is 0 Å². The molecule has 0 bridgehead atoms. The van der Waals surface area contributed by atoms with Crippen LogP contribution in [0, 0.1) is 0 Å². The average molecular weight is 287 g/mol. The second-order valence-electron chi connectivity index (χ2n) is 5.60. The molecule has 0 saturated carbocycles. The summed E-state index contributed by atoms with van der Waals surface area (Å²) in [4.78, 5) is 18.8. The van der Waals surface area contributed by atoms with Crippen molar-refractivity contribution in [3.8, 4) is 0 Å². The minimum Gasteiger partial charge on any atom is -0.336 e. The molecule has 112 valence electrons. The van der Waals surface area contributed by atoms with Crippen molar-refractivity contribution >= 4 is 5.91 Å². The van der Waals surface area contributed by atoms with Gasteiger partial charge in [0.15, 0.2) is 0 Å². The summed E-state index contributed by atoms with van der Waals surface area (Å²) in [7, 11) is 0. The largest absolute Gasteiger partial charge is 0.336 e. The van der Waals surface area contributed by atoms with E-state index in [1.54, 1.807) is 18.7 Å². The molecule has 6 heteroatoms. The average Bonchev–Trinajstić information content (AvgIpc) is 3.19. The number of piperidine rings is 1. The molecule has 3 heterocycles. The molecule has 1 amide bonds. The lowest BCUT2D eigenvalue weighted by molar-refractivity contribution is -0.138. The van der Waals surface area contributed by atoms with Crippen molar-refractivity contribution in [1.29, 1.82) is 0 Å².